The van der Waals surface area contributed by atoms with Crippen molar-refractivity contribution in [3.63, 3.8) is 0 Å². The highest BCUT2D eigenvalue weighted by molar-refractivity contribution is 5.73. The Hall–Kier alpha value is -1.62. The van der Waals surface area contributed by atoms with Crippen molar-refractivity contribution in [3.8, 4) is 0 Å². The summed E-state index contributed by atoms with van der Waals surface area (Å²) in [5, 5.41) is 0. The number of morpholine rings is 1. The predicted molar refractivity (Wildman–Crippen MR) is 81.3 cm³/mol. The third-order valence-corrected chi connectivity index (χ3v) is 4.36. The lowest BCUT2D eigenvalue weighted by atomic mass is 10.0. The van der Waals surface area contributed by atoms with Gasteiger partial charge in [-0.3, -0.25) is 4.79 Å². The van der Waals surface area contributed by atoms with Gasteiger partial charge in [0.05, 0.1) is 13.2 Å². The molecule has 0 saturated carbocycles. The Labute approximate surface area is 125 Å². The molecular weight excluding hydrogens is 266 g/mol. The molecule has 0 radical (unpaired) electrons. The van der Waals surface area contributed by atoms with Crippen LogP contribution < -0.4 is 4.90 Å². The molecule has 0 spiro atoms. The molecule has 1 aromatic heterocycles. The van der Waals surface area contributed by atoms with Gasteiger partial charge in [0.1, 0.15) is 5.82 Å². The zero-order valence-electron chi connectivity index (χ0n) is 12.6. The fourth-order valence-electron chi connectivity index (χ4n) is 3.13. The maximum Gasteiger partial charge on any atom is 0.219 e. The van der Waals surface area contributed by atoms with E-state index in [0.29, 0.717) is 5.92 Å². The van der Waals surface area contributed by atoms with Crippen LogP contribution in [0.5, 0.6) is 0 Å². The molecule has 3 heterocycles. The van der Waals surface area contributed by atoms with Gasteiger partial charge in [0.2, 0.25) is 5.91 Å². The summed E-state index contributed by atoms with van der Waals surface area (Å²) in [6.45, 7) is 6.81. The average Bonchev–Trinajstić information content (AvgIpc) is 2.97. The second kappa shape index (κ2) is 6.43. The third-order valence-electron chi connectivity index (χ3n) is 4.36. The van der Waals surface area contributed by atoms with E-state index in [1.165, 1.54) is 0 Å². The smallest absolute Gasteiger partial charge is 0.219 e. The molecule has 3 rings (SSSR count). The third kappa shape index (κ3) is 3.53. The number of nitrogens with zero attached hydrogens (tertiary/aromatic N) is 3. The Bertz CT molecular complexity index is 500. The minimum atomic E-state index is 0.188. The summed E-state index contributed by atoms with van der Waals surface area (Å²) < 4.78 is 5.39. The van der Waals surface area contributed by atoms with E-state index >= 15 is 0 Å². The molecule has 2 aliphatic heterocycles. The highest BCUT2D eigenvalue weighted by Gasteiger charge is 2.24. The number of hydrogen-bond acceptors (Lipinski definition) is 4. The average molecular weight is 289 g/mol. The lowest BCUT2D eigenvalue weighted by molar-refractivity contribution is -0.127. The number of carbonyl (C=O) groups excluding carboxylic acids is 1. The van der Waals surface area contributed by atoms with E-state index in [9.17, 15) is 4.79 Å². The minimum absolute atomic E-state index is 0.188. The molecule has 21 heavy (non-hydrogen) atoms. The van der Waals surface area contributed by atoms with Crippen LogP contribution in [0.1, 0.15) is 19.0 Å². The van der Waals surface area contributed by atoms with E-state index in [4.69, 9.17) is 9.72 Å². The molecule has 0 bridgehead atoms. The van der Waals surface area contributed by atoms with E-state index in [0.717, 1.165) is 63.7 Å². The summed E-state index contributed by atoms with van der Waals surface area (Å²) in [6.07, 6.45) is 2.05. The number of anilines is 1. The van der Waals surface area contributed by atoms with Gasteiger partial charge in [-0.05, 0) is 30.9 Å². The van der Waals surface area contributed by atoms with Crippen LogP contribution in [-0.2, 0) is 16.0 Å². The number of ether oxygens (including phenoxy) is 1. The molecule has 2 fully saturated rings. The fraction of sp³-hybridized carbons (Fsp3) is 0.625. The monoisotopic (exact) mass is 289 g/mol. The molecule has 2 aliphatic rings. The first-order valence-electron chi connectivity index (χ1n) is 7.76. The van der Waals surface area contributed by atoms with Crippen LogP contribution >= 0.6 is 0 Å². The van der Waals surface area contributed by atoms with Crippen LogP contribution in [0.2, 0.25) is 0 Å². The van der Waals surface area contributed by atoms with Crippen molar-refractivity contribution in [2.45, 2.75) is 19.8 Å². The molecular formula is C16H23N3O2. The number of hydrogen-bond donors (Lipinski definition) is 0. The van der Waals surface area contributed by atoms with Gasteiger partial charge in [-0.15, -0.1) is 0 Å². The highest BCUT2D eigenvalue weighted by atomic mass is 16.5. The van der Waals surface area contributed by atoms with Gasteiger partial charge < -0.3 is 14.5 Å². The van der Waals surface area contributed by atoms with Gasteiger partial charge >= 0.3 is 0 Å². The molecule has 114 valence electrons. The fourth-order valence-corrected chi connectivity index (χ4v) is 3.13. The topological polar surface area (TPSA) is 45.7 Å². The van der Waals surface area contributed by atoms with Gasteiger partial charge in [0.25, 0.3) is 0 Å². The van der Waals surface area contributed by atoms with E-state index in [2.05, 4.69) is 23.1 Å². The molecule has 0 aliphatic carbocycles. The Morgan fingerprint density at radius 3 is 2.86 bits per heavy atom. The van der Waals surface area contributed by atoms with Crippen molar-refractivity contribution in [2.75, 3.05) is 44.3 Å². The first-order valence-corrected chi connectivity index (χ1v) is 7.76. The number of aromatic nitrogens is 1. The first-order chi connectivity index (χ1) is 10.2. The highest BCUT2D eigenvalue weighted by Crippen LogP contribution is 2.21. The minimum Gasteiger partial charge on any atom is -0.378 e. The van der Waals surface area contributed by atoms with Crippen molar-refractivity contribution < 1.29 is 9.53 Å². The summed E-state index contributed by atoms with van der Waals surface area (Å²) in [6, 6.07) is 6.26. The zero-order chi connectivity index (χ0) is 14.7. The van der Waals surface area contributed by atoms with Crippen molar-refractivity contribution in [1.82, 2.24) is 9.88 Å². The largest absolute Gasteiger partial charge is 0.378 e. The Kier molecular flexibility index (Phi) is 4.39. The normalized spacial score (nSPS) is 22.6. The van der Waals surface area contributed by atoms with Crippen molar-refractivity contribution in [3.05, 3.63) is 23.9 Å². The summed E-state index contributed by atoms with van der Waals surface area (Å²) in [5.41, 5.74) is 1.13. The van der Waals surface area contributed by atoms with Crippen LogP contribution in [0.15, 0.2) is 18.2 Å². The number of pyridine rings is 1. The predicted octanol–water partition coefficient (Wildman–Crippen LogP) is 1.33. The molecule has 5 nitrogen and oxygen atoms in total. The summed E-state index contributed by atoms with van der Waals surface area (Å²) >= 11 is 0. The van der Waals surface area contributed by atoms with Gasteiger partial charge in [-0.2, -0.15) is 0 Å². The van der Waals surface area contributed by atoms with Crippen molar-refractivity contribution in [2.24, 2.45) is 5.92 Å². The Balaban J connectivity index is 1.62. The number of amides is 1. The Morgan fingerprint density at radius 2 is 2.14 bits per heavy atom. The number of likely N-dealkylation sites (tertiary alicyclic amines) is 1. The maximum absolute atomic E-state index is 11.4. The summed E-state index contributed by atoms with van der Waals surface area (Å²) in [5.74, 6) is 1.78. The second-order valence-electron chi connectivity index (χ2n) is 5.91. The lowest BCUT2D eigenvalue weighted by Gasteiger charge is -2.28. The second-order valence-corrected chi connectivity index (χ2v) is 5.91. The van der Waals surface area contributed by atoms with Crippen LogP contribution in [-0.4, -0.2) is 55.2 Å². The lowest BCUT2D eigenvalue weighted by Crippen LogP contribution is -2.36. The first kappa shape index (κ1) is 14.3. The Morgan fingerprint density at radius 1 is 1.33 bits per heavy atom. The van der Waals surface area contributed by atoms with Gasteiger partial charge in [-0.1, -0.05) is 6.07 Å². The molecule has 2 saturated heterocycles. The standard InChI is InChI=1S/C16H23N3O2/c1-13(20)19-6-5-14(12-19)11-15-3-2-4-16(17-15)18-7-9-21-10-8-18/h2-4,14H,5-12H2,1H3/t14-/m1/s1. The quantitative estimate of drug-likeness (QED) is 0.842. The van der Waals surface area contributed by atoms with E-state index in [1.54, 1.807) is 6.92 Å². The molecule has 0 N–H and O–H groups in total. The molecule has 0 aromatic carbocycles. The van der Waals surface area contributed by atoms with E-state index < -0.39 is 0 Å². The number of carbonyl (C=O) groups is 1. The van der Waals surface area contributed by atoms with E-state index in [1.807, 2.05) is 4.90 Å². The van der Waals surface area contributed by atoms with Crippen LogP contribution in [0, 0.1) is 5.92 Å². The summed E-state index contributed by atoms with van der Waals surface area (Å²) in [7, 11) is 0. The SMILES string of the molecule is CC(=O)N1CC[C@H](Cc2cccc(N3CCOCC3)n2)C1. The molecule has 5 heteroatoms. The van der Waals surface area contributed by atoms with Gasteiger partial charge in [0, 0.05) is 38.8 Å². The number of rotatable bonds is 3. The van der Waals surface area contributed by atoms with Crippen LogP contribution in [0.25, 0.3) is 0 Å². The van der Waals surface area contributed by atoms with Gasteiger partial charge in [0.15, 0.2) is 0 Å². The van der Waals surface area contributed by atoms with Crippen molar-refractivity contribution in [1.29, 1.82) is 0 Å². The molecule has 1 aromatic rings. The van der Waals surface area contributed by atoms with Crippen LogP contribution in [0.3, 0.4) is 0 Å². The van der Waals surface area contributed by atoms with E-state index in [-0.39, 0.29) is 5.91 Å². The zero-order valence-corrected chi connectivity index (χ0v) is 12.6. The maximum atomic E-state index is 11.4. The molecule has 0 unspecified atom stereocenters. The van der Waals surface area contributed by atoms with Gasteiger partial charge in [-0.25, -0.2) is 4.98 Å². The van der Waals surface area contributed by atoms with Crippen LogP contribution in [0.4, 0.5) is 5.82 Å². The summed E-state index contributed by atoms with van der Waals surface area (Å²) in [4.78, 5) is 20.4. The molecule has 1 atom stereocenters. The molecule has 1 amide bonds. The van der Waals surface area contributed by atoms with Crippen molar-refractivity contribution >= 4 is 11.7 Å².